The van der Waals surface area contributed by atoms with Crippen LogP contribution in [-0.2, 0) is 0 Å². The smallest absolute Gasteiger partial charge is 0.181 e. The molecule has 1 saturated heterocycles. The molecule has 1 aliphatic rings. The van der Waals surface area contributed by atoms with Gasteiger partial charge < -0.3 is 14.6 Å². The molecule has 0 saturated carbocycles. The highest BCUT2D eigenvalue weighted by atomic mass is 16.3. The van der Waals surface area contributed by atoms with Crippen LogP contribution < -0.4 is 10.2 Å². The number of anilines is 1. The van der Waals surface area contributed by atoms with Crippen LogP contribution in [0.5, 0.6) is 0 Å². The number of aromatic nitrogens is 1. The Morgan fingerprint density at radius 1 is 1.41 bits per heavy atom. The molecule has 0 aliphatic carbocycles. The first-order valence-corrected chi connectivity index (χ1v) is 6.14. The molecule has 0 bridgehead atoms. The van der Waals surface area contributed by atoms with Gasteiger partial charge in [-0.1, -0.05) is 0 Å². The Balaban J connectivity index is 1.86. The van der Waals surface area contributed by atoms with Crippen molar-refractivity contribution in [3.05, 3.63) is 24.6 Å². The Morgan fingerprint density at radius 2 is 2.35 bits per heavy atom. The fourth-order valence-corrected chi connectivity index (χ4v) is 2.31. The van der Waals surface area contributed by atoms with E-state index in [1.165, 1.54) is 18.5 Å². The molecule has 0 unspecified atom stereocenters. The first-order chi connectivity index (χ1) is 8.33. The van der Waals surface area contributed by atoms with Gasteiger partial charge in [0.25, 0.3) is 0 Å². The van der Waals surface area contributed by atoms with Crippen LogP contribution in [0.2, 0.25) is 0 Å². The lowest BCUT2D eigenvalue weighted by Crippen LogP contribution is -2.28. The highest BCUT2D eigenvalue weighted by molar-refractivity contribution is 5.77. The van der Waals surface area contributed by atoms with Crippen molar-refractivity contribution in [1.29, 1.82) is 0 Å². The van der Waals surface area contributed by atoms with E-state index in [9.17, 15) is 0 Å². The van der Waals surface area contributed by atoms with Crippen molar-refractivity contribution in [3.63, 3.8) is 0 Å². The van der Waals surface area contributed by atoms with Gasteiger partial charge in [-0.2, -0.15) is 0 Å². The van der Waals surface area contributed by atoms with Crippen molar-refractivity contribution in [2.75, 3.05) is 24.5 Å². The zero-order valence-electron chi connectivity index (χ0n) is 10.0. The number of nitrogens with one attached hydrogen (secondary N) is 1. The van der Waals surface area contributed by atoms with Gasteiger partial charge in [0.1, 0.15) is 5.52 Å². The summed E-state index contributed by atoms with van der Waals surface area (Å²) in [5, 5.41) is 3.50. The summed E-state index contributed by atoms with van der Waals surface area (Å²) in [5.41, 5.74) is 3.03. The molecule has 1 atom stereocenters. The molecule has 1 fully saturated rings. The number of hydrogen-bond acceptors (Lipinski definition) is 4. The minimum Gasteiger partial charge on any atom is -0.443 e. The average molecular weight is 231 g/mol. The average Bonchev–Trinajstić information content (AvgIpc) is 2.70. The van der Waals surface area contributed by atoms with Crippen LogP contribution in [-0.4, -0.2) is 30.7 Å². The van der Waals surface area contributed by atoms with Gasteiger partial charge in [-0.05, 0) is 31.5 Å². The van der Waals surface area contributed by atoms with Gasteiger partial charge in [0.2, 0.25) is 0 Å². The maximum Gasteiger partial charge on any atom is 0.181 e. The molecule has 1 N–H and O–H groups in total. The van der Waals surface area contributed by atoms with E-state index in [2.05, 4.69) is 34.3 Å². The molecule has 2 heterocycles. The number of rotatable bonds is 1. The Bertz CT molecular complexity index is 508. The summed E-state index contributed by atoms with van der Waals surface area (Å²) in [6.45, 7) is 5.42. The van der Waals surface area contributed by atoms with Crippen molar-refractivity contribution in [3.8, 4) is 0 Å². The molecule has 4 nitrogen and oxygen atoms in total. The van der Waals surface area contributed by atoms with E-state index < -0.39 is 0 Å². The monoisotopic (exact) mass is 231 g/mol. The highest BCUT2D eigenvalue weighted by Gasteiger charge is 2.14. The third kappa shape index (κ3) is 2.13. The van der Waals surface area contributed by atoms with E-state index in [0.717, 1.165) is 30.7 Å². The third-order valence-corrected chi connectivity index (χ3v) is 3.39. The van der Waals surface area contributed by atoms with Crippen LogP contribution in [0.1, 0.15) is 13.3 Å². The summed E-state index contributed by atoms with van der Waals surface area (Å²) in [6, 6.07) is 6.83. The van der Waals surface area contributed by atoms with Crippen LogP contribution in [0.15, 0.2) is 29.0 Å². The van der Waals surface area contributed by atoms with Gasteiger partial charge in [0, 0.05) is 31.4 Å². The van der Waals surface area contributed by atoms with Crippen molar-refractivity contribution in [2.24, 2.45) is 0 Å². The van der Waals surface area contributed by atoms with E-state index in [4.69, 9.17) is 4.42 Å². The topological polar surface area (TPSA) is 41.3 Å². The van der Waals surface area contributed by atoms with Crippen molar-refractivity contribution in [1.82, 2.24) is 10.3 Å². The summed E-state index contributed by atoms with van der Waals surface area (Å²) in [6.07, 6.45) is 2.68. The molecular formula is C13H17N3O. The molecule has 2 aromatic rings. The van der Waals surface area contributed by atoms with Gasteiger partial charge in [-0.25, -0.2) is 4.98 Å². The standard InChI is InChI=1S/C13H17N3O/c1-10-4-6-16(7-5-14-10)11-2-3-13-12(8-11)15-9-17-13/h2-3,8-10,14H,4-7H2,1H3/t10-/m1/s1. The summed E-state index contributed by atoms with van der Waals surface area (Å²) < 4.78 is 5.26. The summed E-state index contributed by atoms with van der Waals surface area (Å²) in [7, 11) is 0. The van der Waals surface area contributed by atoms with Gasteiger partial charge in [-0.3, -0.25) is 0 Å². The van der Waals surface area contributed by atoms with E-state index in [1.807, 2.05) is 6.07 Å². The Kier molecular flexibility index (Phi) is 2.73. The third-order valence-electron chi connectivity index (χ3n) is 3.39. The maximum atomic E-state index is 5.26. The summed E-state index contributed by atoms with van der Waals surface area (Å²) >= 11 is 0. The number of hydrogen-bond donors (Lipinski definition) is 1. The van der Waals surface area contributed by atoms with E-state index in [-0.39, 0.29) is 0 Å². The molecule has 17 heavy (non-hydrogen) atoms. The minimum absolute atomic E-state index is 0.607. The van der Waals surface area contributed by atoms with Crippen molar-refractivity contribution < 1.29 is 4.42 Å². The largest absolute Gasteiger partial charge is 0.443 e. The van der Waals surface area contributed by atoms with Crippen LogP contribution in [0, 0.1) is 0 Å². The lowest BCUT2D eigenvalue weighted by atomic mass is 10.2. The minimum atomic E-state index is 0.607. The van der Waals surface area contributed by atoms with Crippen molar-refractivity contribution >= 4 is 16.8 Å². The SMILES string of the molecule is C[C@@H]1CCN(c2ccc3ocnc3c2)CCN1. The number of oxazole rings is 1. The Labute approximate surface area is 101 Å². The lowest BCUT2D eigenvalue weighted by Gasteiger charge is -2.22. The van der Waals surface area contributed by atoms with Crippen LogP contribution in [0.25, 0.3) is 11.1 Å². The maximum absolute atomic E-state index is 5.26. The highest BCUT2D eigenvalue weighted by Crippen LogP contribution is 2.22. The second-order valence-corrected chi connectivity index (χ2v) is 4.64. The fourth-order valence-electron chi connectivity index (χ4n) is 2.31. The molecule has 1 aliphatic heterocycles. The van der Waals surface area contributed by atoms with Gasteiger partial charge >= 0.3 is 0 Å². The predicted molar refractivity (Wildman–Crippen MR) is 68.3 cm³/mol. The molecule has 0 radical (unpaired) electrons. The van der Waals surface area contributed by atoms with Crippen LogP contribution in [0.4, 0.5) is 5.69 Å². The lowest BCUT2D eigenvalue weighted by molar-refractivity contribution is 0.566. The van der Waals surface area contributed by atoms with Crippen molar-refractivity contribution in [2.45, 2.75) is 19.4 Å². The fraction of sp³-hybridized carbons (Fsp3) is 0.462. The second-order valence-electron chi connectivity index (χ2n) is 4.64. The number of fused-ring (bicyclic) bond motifs is 1. The molecule has 3 rings (SSSR count). The van der Waals surface area contributed by atoms with E-state index in [1.54, 1.807) is 0 Å². The van der Waals surface area contributed by atoms with Gasteiger partial charge in [-0.15, -0.1) is 0 Å². The van der Waals surface area contributed by atoms with Gasteiger partial charge in [0.05, 0.1) is 0 Å². The molecule has 4 heteroatoms. The quantitative estimate of drug-likeness (QED) is 0.815. The molecule has 0 spiro atoms. The Morgan fingerprint density at radius 3 is 3.29 bits per heavy atom. The normalized spacial score (nSPS) is 21.7. The first kappa shape index (κ1) is 10.6. The zero-order chi connectivity index (χ0) is 11.7. The zero-order valence-corrected chi connectivity index (χ0v) is 10.0. The van der Waals surface area contributed by atoms with Gasteiger partial charge in [0.15, 0.2) is 12.0 Å². The van der Waals surface area contributed by atoms with Crippen LogP contribution >= 0.6 is 0 Å². The van der Waals surface area contributed by atoms with E-state index >= 15 is 0 Å². The molecule has 0 amide bonds. The molecular weight excluding hydrogens is 214 g/mol. The summed E-state index contributed by atoms with van der Waals surface area (Å²) in [4.78, 5) is 6.61. The number of nitrogens with zero attached hydrogens (tertiary/aromatic N) is 2. The molecule has 90 valence electrons. The number of benzene rings is 1. The molecule has 1 aromatic carbocycles. The second kappa shape index (κ2) is 4.37. The summed E-state index contributed by atoms with van der Waals surface area (Å²) in [5.74, 6) is 0. The predicted octanol–water partition coefficient (Wildman–Crippen LogP) is 2.02. The first-order valence-electron chi connectivity index (χ1n) is 6.14. The Hall–Kier alpha value is -1.55. The molecule has 1 aromatic heterocycles. The van der Waals surface area contributed by atoms with E-state index in [0.29, 0.717) is 6.04 Å². The van der Waals surface area contributed by atoms with Crippen LogP contribution in [0.3, 0.4) is 0 Å².